The number of halogens is 1. The lowest BCUT2D eigenvalue weighted by Crippen LogP contribution is -2.49. The summed E-state index contributed by atoms with van der Waals surface area (Å²) in [6, 6.07) is 10.1. The van der Waals surface area contributed by atoms with Crippen LogP contribution in [0.15, 0.2) is 58.9 Å². The molecule has 2 aliphatic heterocycles. The largest absolute Gasteiger partial charge is 0.341 e. The molecule has 1 saturated heterocycles. The minimum Gasteiger partial charge on any atom is -0.341 e. The first kappa shape index (κ1) is 24.3. The molecule has 2 aromatic rings. The average Bonchev–Trinajstić information content (AvgIpc) is 3.32. The van der Waals surface area contributed by atoms with Crippen molar-refractivity contribution in [3.63, 3.8) is 0 Å². The van der Waals surface area contributed by atoms with Crippen molar-refractivity contribution >= 4 is 33.6 Å². The fraction of sp³-hybridized carbons (Fsp3) is 0.440. The molecule has 2 N–H and O–H groups in total. The SMILES string of the molecule is CS(=O)(=O)NCC1(c2ccccc2)CCN(c2nc3c(c(NC4=CCCC(F)=C4)n2)SCC3)CC1. The summed E-state index contributed by atoms with van der Waals surface area (Å²) in [7, 11) is -3.30. The summed E-state index contributed by atoms with van der Waals surface area (Å²) in [6.45, 7) is 1.79. The van der Waals surface area contributed by atoms with Crippen molar-refractivity contribution in [2.45, 2.75) is 42.4 Å². The highest BCUT2D eigenvalue weighted by atomic mass is 32.2. The number of thioether (sulfide) groups is 1. The predicted octanol–water partition coefficient (Wildman–Crippen LogP) is 4.16. The summed E-state index contributed by atoms with van der Waals surface area (Å²) < 4.78 is 40.3. The van der Waals surface area contributed by atoms with Gasteiger partial charge in [0.2, 0.25) is 16.0 Å². The molecule has 0 amide bonds. The second-order valence-corrected chi connectivity index (χ2v) is 12.3. The molecule has 0 saturated carbocycles. The molecule has 35 heavy (non-hydrogen) atoms. The Morgan fingerprint density at radius 3 is 2.63 bits per heavy atom. The molecule has 3 heterocycles. The highest BCUT2D eigenvalue weighted by Gasteiger charge is 2.38. The van der Waals surface area contributed by atoms with Gasteiger partial charge in [0.15, 0.2) is 0 Å². The molecule has 0 unspecified atom stereocenters. The molecule has 7 nitrogen and oxygen atoms in total. The van der Waals surface area contributed by atoms with Gasteiger partial charge in [0.25, 0.3) is 0 Å². The molecular weight excluding hydrogens is 485 g/mol. The number of allylic oxidation sites excluding steroid dienone is 3. The van der Waals surface area contributed by atoms with E-state index in [1.807, 2.05) is 24.3 Å². The zero-order chi connectivity index (χ0) is 24.5. The highest BCUT2D eigenvalue weighted by Crippen LogP contribution is 2.40. The van der Waals surface area contributed by atoms with Gasteiger partial charge in [-0.25, -0.2) is 22.5 Å². The van der Waals surface area contributed by atoms with Crippen molar-refractivity contribution in [3.05, 3.63) is 65.3 Å². The topological polar surface area (TPSA) is 87.2 Å². The Morgan fingerprint density at radius 2 is 1.91 bits per heavy atom. The second-order valence-electron chi connectivity index (χ2n) is 9.39. The molecule has 3 aliphatic rings. The van der Waals surface area contributed by atoms with Gasteiger partial charge in [0.1, 0.15) is 11.6 Å². The van der Waals surface area contributed by atoms with E-state index in [1.54, 1.807) is 17.8 Å². The van der Waals surface area contributed by atoms with Crippen LogP contribution in [0.4, 0.5) is 16.2 Å². The molecule has 1 aromatic heterocycles. The molecule has 1 fully saturated rings. The van der Waals surface area contributed by atoms with E-state index < -0.39 is 10.0 Å². The van der Waals surface area contributed by atoms with E-state index in [2.05, 4.69) is 27.1 Å². The van der Waals surface area contributed by atoms with Crippen LogP contribution in [0.3, 0.4) is 0 Å². The summed E-state index contributed by atoms with van der Waals surface area (Å²) in [5.74, 6) is 2.25. The van der Waals surface area contributed by atoms with Crippen molar-refractivity contribution in [2.75, 3.05) is 41.9 Å². The maximum Gasteiger partial charge on any atom is 0.227 e. The van der Waals surface area contributed by atoms with Gasteiger partial charge in [-0.15, -0.1) is 11.8 Å². The molecule has 1 aliphatic carbocycles. The van der Waals surface area contributed by atoms with Crippen LogP contribution in [0, 0.1) is 0 Å². The van der Waals surface area contributed by atoms with Gasteiger partial charge in [0.05, 0.1) is 16.8 Å². The summed E-state index contributed by atoms with van der Waals surface area (Å²) in [6.07, 6.45) is 8.29. The number of nitrogens with one attached hydrogen (secondary N) is 2. The Labute approximate surface area is 210 Å². The maximum atomic E-state index is 13.8. The zero-order valence-corrected chi connectivity index (χ0v) is 21.4. The number of anilines is 2. The first-order chi connectivity index (χ1) is 16.8. The first-order valence-electron chi connectivity index (χ1n) is 11.9. The van der Waals surface area contributed by atoms with E-state index in [0.717, 1.165) is 52.7 Å². The minimum absolute atomic E-state index is 0.121. The zero-order valence-electron chi connectivity index (χ0n) is 19.8. The van der Waals surface area contributed by atoms with Crippen LogP contribution in [0.2, 0.25) is 0 Å². The summed E-state index contributed by atoms with van der Waals surface area (Å²) in [5, 5.41) is 3.34. The number of aryl methyl sites for hydroxylation is 1. The van der Waals surface area contributed by atoms with Crippen molar-refractivity contribution in [1.29, 1.82) is 0 Å². The average molecular weight is 516 g/mol. The Morgan fingerprint density at radius 1 is 1.14 bits per heavy atom. The van der Waals surface area contributed by atoms with Gasteiger partial charge in [-0.1, -0.05) is 36.4 Å². The molecule has 0 radical (unpaired) electrons. The molecule has 0 spiro atoms. The monoisotopic (exact) mass is 515 g/mol. The lowest BCUT2D eigenvalue weighted by Gasteiger charge is -2.42. The van der Waals surface area contributed by atoms with Gasteiger partial charge in [-0.05, 0) is 30.9 Å². The third-order valence-corrected chi connectivity index (χ3v) is 8.69. The van der Waals surface area contributed by atoms with Crippen LogP contribution in [-0.2, 0) is 21.9 Å². The first-order valence-corrected chi connectivity index (χ1v) is 14.8. The molecule has 10 heteroatoms. The minimum atomic E-state index is -3.30. The van der Waals surface area contributed by atoms with Crippen LogP contribution in [0.25, 0.3) is 0 Å². The van der Waals surface area contributed by atoms with E-state index in [0.29, 0.717) is 38.4 Å². The summed E-state index contributed by atoms with van der Waals surface area (Å²) >= 11 is 1.73. The molecule has 1 aromatic carbocycles. The van der Waals surface area contributed by atoms with Gasteiger partial charge < -0.3 is 10.2 Å². The number of nitrogens with zero attached hydrogens (tertiary/aromatic N) is 3. The van der Waals surface area contributed by atoms with Crippen LogP contribution in [-0.4, -0.2) is 50.0 Å². The third kappa shape index (κ3) is 5.54. The molecule has 0 bridgehead atoms. The highest BCUT2D eigenvalue weighted by molar-refractivity contribution is 7.99. The van der Waals surface area contributed by atoms with Crippen molar-refractivity contribution in [1.82, 2.24) is 14.7 Å². The smallest absolute Gasteiger partial charge is 0.227 e. The Hall–Kier alpha value is -2.43. The maximum absolute atomic E-state index is 13.8. The third-order valence-electron chi connectivity index (χ3n) is 6.89. The number of piperidine rings is 1. The number of hydrogen-bond acceptors (Lipinski definition) is 7. The van der Waals surface area contributed by atoms with Crippen LogP contribution < -0.4 is 14.9 Å². The Kier molecular flexibility index (Phi) is 6.87. The second kappa shape index (κ2) is 9.91. The van der Waals surface area contributed by atoms with Gasteiger partial charge in [-0.2, -0.15) is 4.98 Å². The standard InChI is InChI=1S/C25H30FN5O2S2/c1-35(32,33)27-17-25(18-6-3-2-4-7-18)11-13-31(14-12-25)24-29-21-10-15-34-22(21)23(30-24)28-20-9-5-8-19(26)16-20/h2-4,6-7,9,16,27H,5,8,10-15,17H2,1H3,(H,28,29,30). The van der Waals surface area contributed by atoms with Gasteiger partial charge >= 0.3 is 0 Å². The number of hydrogen-bond donors (Lipinski definition) is 2. The molecule has 186 valence electrons. The molecule has 0 atom stereocenters. The number of fused-ring (bicyclic) bond motifs is 1. The molecule has 5 rings (SSSR count). The Bertz CT molecular complexity index is 1260. The fourth-order valence-electron chi connectivity index (χ4n) is 4.93. The summed E-state index contributed by atoms with van der Waals surface area (Å²) in [5.41, 5.74) is 2.62. The van der Waals surface area contributed by atoms with Crippen LogP contribution in [0.5, 0.6) is 0 Å². The van der Waals surface area contributed by atoms with Gasteiger partial charge in [-0.3, -0.25) is 0 Å². The number of aromatic nitrogens is 2. The van der Waals surface area contributed by atoms with E-state index in [1.165, 1.54) is 6.26 Å². The van der Waals surface area contributed by atoms with E-state index in [4.69, 9.17) is 9.97 Å². The lowest BCUT2D eigenvalue weighted by molar-refractivity contribution is 0.328. The van der Waals surface area contributed by atoms with E-state index >= 15 is 0 Å². The number of sulfonamides is 1. The van der Waals surface area contributed by atoms with Crippen molar-refractivity contribution in [3.8, 4) is 0 Å². The van der Waals surface area contributed by atoms with Crippen molar-refractivity contribution in [2.24, 2.45) is 0 Å². The molecular formula is C25H30FN5O2S2. The lowest BCUT2D eigenvalue weighted by atomic mass is 9.73. The number of benzene rings is 1. The summed E-state index contributed by atoms with van der Waals surface area (Å²) in [4.78, 5) is 13.0. The van der Waals surface area contributed by atoms with E-state index in [-0.39, 0.29) is 11.2 Å². The van der Waals surface area contributed by atoms with Crippen LogP contribution >= 0.6 is 11.8 Å². The van der Waals surface area contributed by atoms with Crippen molar-refractivity contribution < 1.29 is 12.8 Å². The van der Waals surface area contributed by atoms with E-state index in [9.17, 15) is 12.8 Å². The predicted molar refractivity (Wildman–Crippen MR) is 139 cm³/mol. The number of rotatable bonds is 7. The normalized spacial score (nSPS) is 19.7. The Balaban J connectivity index is 1.38. The van der Waals surface area contributed by atoms with Crippen LogP contribution in [0.1, 0.15) is 36.9 Å². The fourth-order valence-corrected chi connectivity index (χ4v) is 6.52. The van der Waals surface area contributed by atoms with Gasteiger partial charge in [0, 0.05) is 49.3 Å². The quantitative estimate of drug-likeness (QED) is 0.573.